The molecule has 5 atom stereocenters. The second-order valence-electron chi connectivity index (χ2n) is 5.28. The quantitative estimate of drug-likeness (QED) is 0.396. The molecule has 0 spiro atoms. The zero-order chi connectivity index (χ0) is 17.0. The summed E-state index contributed by atoms with van der Waals surface area (Å²) >= 11 is 0. The van der Waals surface area contributed by atoms with Crippen LogP contribution < -0.4 is 10.5 Å². The van der Waals surface area contributed by atoms with Crippen molar-refractivity contribution >= 4 is 5.97 Å². The molecule has 5 N–H and O–H groups in total. The Morgan fingerprint density at radius 3 is 2.65 bits per heavy atom. The van der Waals surface area contributed by atoms with Crippen LogP contribution in [0, 0.1) is 0 Å². The summed E-state index contributed by atoms with van der Waals surface area (Å²) in [6, 6.07) is 6.77. The lowest BCUT2D eigenvalue weighted by Crippen LogP contribution is -2.62. The van der Waals surface area contributed by atoms with Gasteiger partial charge in [-0.3, -0.25) is 4.79 Å². The first-order valence-electron chi connectivity index (χ1n) is 7.20. The molecule has 128 valence electrons. The van der Waals surface area contributed by atoms with Gasteiger partial charge >= 0.3 is 5.97 Å². The summed E-state index contributed by atoms with van der Waals surface area (Å²) in [5.41, 5.74) is 6.35. The Morgan fingerprint density at radius 2 is 2.00 bits per heavy atom. The summed E-state index contributed by atoms with van der Waals surface area (Å²) in [6.07, 6.45) is -5.58. The van der Waals surface area contributed by atoms with Crippen LogP contribution in [0.5, 0.6) is 5.75 Å². The highest BCUT2D eigenvalue weighted by Gasteiger charge is 2.43. The maximum atomic E-state index is 11.1. The monoisotopic (exact) mass is 327 g/mol. The van der Waals surface area contributed by atoms with Gasteiger partial charge in [0.05, 0.1) is 13.2 Å². The van der Waals surface area contributed by atoms with Crippen molar-refractivity contribution in [3.05, 3.63) is 29.8 Å². The van der Waals surface area contributed by atoms with E-state index in [1.807, 2.05) is 0 Å². The largest absolute Gasteiger partial charge is 0.426 e. The van der Waals surface area contributed by atoms with E-state index in [2.05, 4.69) is 0 Å². The van der Waals surface area contributed by atoms with Gasteiger partial charge in [-0.15, -0.1) is 0 Å². The summed E-state index contributed by atoms with van der Waals surface area (Å²) in [4.78, 5) is 11.1. The fourth-order valence-electron chi connectivity index (χ4n) is 2.38. The topological polar surface area (TPSA) is 131 Å². The molecular formula is C15H21NO7. The normalized spacial score (nSPS) is 30.9. The number of aliphatic hydroxyl groups excluding tert-OH is 3. The predicted molar refractivity (Wildman–Crippen MR) is 78.3 cm³/mol. The Balaban J connectivity index is 2.04. The van der Waals surface area contributed by atoms with Crippen LogP contribution in [0.25, 0.3) is 0 Å². The van der Waals surface area contributed by atoms with Gasteiger partial charge in [-0.25, -0.2) is 0 Å². The van der Waals surface area contributed by atoms with Gasteiger partial charge in [0.15, 0.2) is 0 Å². The minimum Gasteiger partial charge on any atom is -0.426 e. The molecule has 1 unspecified atom stereocenters. The molecule has 2 rings (SSSR count). The predicted octanol–water partition coefficient (Wildman–Crippen LogP) is -1.11. The van der Waals surface area contributed by atoms with E-state index >= 15 is 0 Å². The van der Waals surface area contributed by atoms with Gasteiger partial charge in [0.2, 0.25) is 0 Å². The summed E-state index contributed by atoms with van der Waals surface area (Å²) in [5.74, 6) is -0.120. The minimum absolute atomic E-state index is 0.00124. The number of hydrogen-bond acceptors (Lipinski definition) is 8. The van der Waals surface area contributed by atoms with E-state index in [1.54, 1.807) is 24.3 Å². The van der Waals surface area contributed by atoms with Crippen molar-refractivity contribution in [3.8, 4) is 5.75 Å². The van der Waals surface area contributed by atoms with E-state index < -0.39 is 43.2 Å². The third-order valence-electron chi connectivity index (χ3n) is 3.56. The van der Waals surface area contributed by atoms with Gasteiger partial charge < -0.3 is 35.3 Å². The summed E-state index contributed by atoms with van der Waals surface area (Å²) in [5, 5.41) is 29.0. The van der Waals surface area contributed by atoms with Crippen LogP contribution in [0.1, 0.15) is 12.5 Å². The van der Waals surface area contributed by atoms with Crippen LogP contribution in [0.15, 0.2) is 24.3 Å². The van der Waals surface area contributed by atoms with Crippen molar-refractivity contribution in [1.29, 1.82) is 0 Å². The van der Waals surface area contributed by atoms with Crippen molar-refractivity contribution in [3.63, 3.8) is 0 Å². The van der Waals surface area contributed by atoms with E-state index in [9.17, 15) is 15.0 Å². The van der Waals surface area contributed by atoms with E-state index in [1.165, 1.54) is 6.92 Å². The van der Waals surface area contributed by atoms with Gasteiger partial charge in [0, 0.05) is 12.5 Å². The number of rotatable bonds is 5. The summed E-state index contributed by atoms with van der Waals surface area (Å²) < 4.78 is 15.8. The summed E-state index contributed by atoms with van der Waals surface area (Å²) in [6.45, 7) is 0.824. The number of hydrogen-bond donors (Lipinski definition) is 4. The lowest BCUT2D eigenvalue weighted by molar-refractivity contribution is -0.242. The van der Waals surface area contributed by atoms with E-state index in [0.29, 0.717) is 11.3 Å². The molecule has 0 bridgehead atoms. The number of ether oxygens (including phenoxy) is 3. The maximum absolute atomic E-state index is 11.1. The third kappa shape index (κ3) is 4.25. The van der Waals surface area contributed by atoms with Gasteiger partial charge in [-0.05, 0) is 6.07 Å². The lowest BCUT2D eigenvalue weighted by Gasteiger charge is -2.40. The van der Waals surface area contributed by atoms with Crippen molar-refractivity contribution in [1.82, 2.24) is 0 Å². The number of benzene rings is 1. The van der Waals surface area contributed by atoms with Crippen molar-refractivity contribution in [2.75, 3.05) is 6.61 Å². The Hall–Kier alpha value is -1.55. The molecular weight excluding hydrogens is 306 g/mol. The van der Waals surface area contributed by atoms with E-state index in [0.717, 1.165) is 0 Å². The van der Waals surface area contributed by atoms with Gasteiger partial charge in [-0.2, -0.15) is 0 Å². The van der Waals surface area contributed by atoms with Gasteiger partial charge in [0.25, 0.3) is 0 Å². The molecule has 1 aromatic carbocycles. The molecule has 1 aliphatic rings. The van der Waals surface area contributed by atoms with Crippen molar-refractivity contribution in [2.45, 2.75) is 44.2 Å². The van der Waals surface area contributed by atoms with Crippen LogP contribution in [-0.2, 0) is 20.9 Å². The number of aliphatic hydroxyl groups is 3. The Bertz CT molecular complexity index is 538. The first-order chi connectivity index (χ1) is 10.9. The fraction of sp³-hybridized carbons (Fsp3) is 0.533. The number of esters is 1. The SMILES string of the molecule is CC(=O)Oc1ccccc1CO[C@H]1C(N)O[C@H](CO)[C@@H](O)[C@@H]1O. The first kappa shape index (κ1) is 17.8. The molecule has 1 aliphatic heterocycles. The van der Waals surface area contributed by atoms with Crippen LogP contribution in [0.3, 0.4) is 0 Å². The average Bonchev–Trinajstić information content (AvgIpc) is 2.51. The van der Waals surface area contributed by atoms with Crippen LogP contribution >= 0.6 is 0 Å². The average molecular weight is 327 g/mol. The molecule has 1 saturated heterocycles. The molecule has 0 radical (unpaired) electrons. The highest BCUT2D eigenvalue weighted by Crippen LogP contribution is 2.24. The molecule has 0 aromatic heterocycles. The molecule has 1 fully saturated rings. The molecule has 0 aliphatic carbocycles. The highest BCUT2D eigenvalue weighted by molar-refractivity contribution is 5.69. The number of carbonyl (C=O) groups is 1. The minimum atomic E-state index is -1.31. The third-order valence-corrected chi connectivity index (χ3v) is 3.56. The summed E-state index contributed by atoms with van der Waals surface area (Å²) in [7, 11) is 0. The Kier molecular flexibility index (Phi) is 6.05. The second-order valence-corrected chi connectivity index (χ2v) is 5.28. The molecule has 0 amide bonds. The number of carbonyl (C=O) groups excluding carboxylic acids is 1. The molecule has 0 saturated carbocycles. The second kappa shape index (κ2) is 7.82. The maximum Gasteiger partial charge on any atom is 0.308 e. The molecule has 1 heterocycles. The van der Waals surface area contributed by atoms with E-state index in [4.69, 9.17) is 25.1 Å². The zero-order valence-corrected chi connectivity index (χ0v) is 12.7. The molecule has 23 heavy (non-hydrogen) atoms. The highest BCUT2D eigenvalue weighted by atomic mass is 16.6. The Labute approximate surface area is 133 Å². The fourth-order valence-corrected chi connectivity index (χ4v) is 2.38. The molecule has 8 nitrogen and oxygen atoms in total. The van der Waals surface area contributed by atoms with Crippen LogP contribution in [-0.4, -0.2) is 58.5 Å². The van der Waals surface area contributed by atoms with Gasteiger partial charge in [0.1, 0.15) is 36.4 Å². The van der Waals surface area contributed by atoms with Crippen molar-refractivity contribution < 1.29 is 34.3 Å². The van der Waals surface area contributed by atoms with E-state index in [-0.39, 0.29) is 6.61 Å². The number of para-hydroxylation sites is 1. The zero-order valence-electron chi connectivity index (χ0n) is 12.7. The first-order valence-corrected chi connectivity index (χ1v) is 7.20. The van der Waals surface area contributed by atoms with Crippen LogP contribution in [0.4, 0.5) is 0 Å². The Morgan fingerprint density at radius 1 is 1.30 bits per heavy atom. The lowest BCUT2D eigenvalue weighted by atomic mass is 9.98. The van der Waals surface area contributed by atoms with Crippen LogP contribution in [0.2, 0.25) is 0 Å². The van der Waals surface area contributed by atoms with Crippen molar-refractivity contribution in [2.24, 2.45) is 5.73 Å². The standard InChI is InChI=1S/C15H21NO7/c1-8(18)22-10-5-3-2-4-9(10)7-21-14-13(20)12(19)11(6-17)23-15(14)16/h2-5,11-15,17,19-20H,6-7,16H2,1H3/t11-,12-,13+,14-,15?/m1/s1. The smallest absolute Gasteiger partial charge is 0.308 e. The number of nitrogens with two attached hydrogens (primary N) is 1. The van der Waals surface area contributed by atoms with Gasteiger partial charge in [-0.1, -0.05) is 18.2 Å². The molecule has 1 aromatic rings. The molecule has 8 heteroatoms.